The fourth-order valence-electron chi connectivity index (χ4n) is 3.49. The van der Waals surface area contributed by atoms with E-state index in [0.29, 0.717) is 6.54 Å². The predicted molar refractivity (Wildman–Crippen MR) is 111 cm³/mol. The van der Waals surface area contributed by atoms with E-state index in [9.17, 15) is 4.79 Å². The Bertz CT molecular complexity index is 739. The molecule has 1 aliphatic heterocycles. The molecular weight excluding hydrogens is 356 g/mol. The summed E-state index contributed by atoms with van der Waals surface area (Å²) >= 11 is 1.74. The first-order valence-electron chi connectivity index (χ1n) is 9.74. The summed E-state index contributed by atoms with van der Waals surface area (Å²) in [6.45, 7) is 9.10. The minimum absolute atomic E-state index is 0.00289. The van der Waals surface area contributed by atoms with Crippen LogP contribution in [0.2, 0.25) is 0 Å². The van der Waals surface area contributed by atoms with Gasteiger partial charge in [0.05, 0.1) is 18.7 Å². The molecule has 1 N–H and O–H groups in total. The smallest absolute Gasteiger partial charge is 0.234 e. The number of amides is 1. The van der Waals surface area contributed by atoms with Crippen LogP contribution >= 0.6 is 11.3 Å². The summed E-state index contributed by atoms with van der Waals surface area (Å²) in [5, 5.41) is 5.24. The second-order valence-electron chi connectivity index (χ2n) is 7.52. The second-order valence-corrected chi connectivity index (χ2v) is 8.55. The number of benzene rings is 1. The van der Waals surface area contributed by atoms with Crippen LogP contribution in [0.4, 0.5) is 0 Å². The minimum atomic E-state index is 0.00289. The topological polar surface area (TPSA) is 41.6 Å². The number of ether oxygens (including phenoxy) is 1. The molecule has 27 heavy (non-hydrogen) atoms. The first-order chi connectivity index (χ1) is 13.0. The van der Waals surface area contributed by atoms with Crippen molar-refractivity contribution >= 4 is 17.2 Å². The van der Waals surface area contributed by atoms with E-state index in [1.54, 1.807) is 11.3 Å². The Morgan fingerprint density at radius 3 is 2.85 bits per heavy atom. The van der Waals surface area contributed by atoms with E-state index in [2.05, 4.69) is 59.8 Å². The third-order valence-corrected chi connectivity index (χ3v) is 6.08. The predicted octanol–water partition coefficient (Wildman–Crippen LogP) is 4.22. The summed E-state index contributed by atoms with van der Waals surface area (Å²) in [6, 6.07) is 10.6. The number of thiophene rings is 1. The SMILES string of the molecule is Cc1ccc(C(C)NC(=O)CN(Cc2cccs2)CC2CCCO2)cc1C. The fraction of sp³-hybridized carbons (Fsp3) is 0.500. The zero-order valence-corrected chi connectivity index (χ0v) is 17.3. The van der Waals surface area contributed by atoms with E-state index in [1.165, 1.54) is 16.0 Å². The van der Waals surface area contributed by atoms with Crippen molar-refractivity contribution in [1.29, 1.82) is 0 Å². The molecule has 0 aliphatic carbocycles. The van der Waals surface area contributed by atoms with Crippen LogP contribution in [0.15, 0.2) is 35.7 Å². The Labute approximate surface area is 166 Å². The van der Waals surface area contributed by atoms with Gasteiger partial charge >= 0.3 is 0 Å². The average molecular weight is 387 g/mol. The van der Waals surface area contributed by atoms with Crippen LogP contribution in [-0.2, 0) is 16.1 Å². The molecule has 1 aromatic heterocycles. The number of carbonyl (C=O) groups excluding carboxylic acids is 1. The highest BCUT2D eigenvalue weighted by atomic mass is 32.1. The molecule has 146 valence electrons. The molecule has 5 heteroatoms. The lowest BCUT2D eigenvalue weighted by Gasteiger charge is -2.25. The first kappa shape index (κ1) is 20.1. The first-order valence-corrected chi connectivity index (χ1v) is 10.6. The van der Waals surface area contributed by atoms with Gasteiger partial charge in [-0.15, -0.1) is 11.3 Å². The number of hydrogen-bond donors (Lipinski definition) is 1. The Morgan fingerprint density at radius 1 is 1.33 bits per heavy atom. The van der Waals surface area contributed by atoms with Crippen molar-refractivity contribution in [3.05, 3.63) is 57.3 Å². The van der Waals surface area contributed by atoms with Crippen molar-refractivity contribution < 1.29 is 9.53 Å². The van der Waals surface area contributed by atoms with Gasteiger partial charge in [-0.3, -0.25) is 9.69 Å². The van der Waals surface area contributed by atoms with E-state index < -0.39 is 0 Å². The standard InChI is InChI=1S/C22H30N2O2S/c1-16-8-9-19(12-17(16)2)18(3)23-22(25)15-24(13-20-6-4-10-26-20)14-21-7-5-11-27-21/h5,7-9,11-12,18,20H,4,6,10,13-15H2,1-3H3,(H,23,25). The molecule has 0 saturated carbocycles. The lowest BCUT2D eigenvalue weighted by molar-refractivity contribution is -0.123. The van der Waals surface area contributed by atoms with Gasteiger partial charge in [0, 0.05) is 24.6 Å². The third-order valence-electron chi connectivity index (χ3n) is 5.22. The molecule has 0 radical (unpaired) electrons. The van der Waals surface area contributed by atoms with Gasteiger partial charge in [0.25, 0.3) is 0 Å². The van der Waals surface area contributed by atoms with Gasteiger partial charge in [0.2, 0.25) is 5.91 Å². The van der Waals surface area contributed by atoms with Crippen LogP contribution < -0.4 is 5.32 Å². The van der Waals surface area contributed by atoms with Crippen LogP contribution in [0.3, 0.4) is 0 Å². The van der Waals surface area contributed by atoms with Crippen molar-refractivity contribution in [2.24, 2.45) is 0 Å². The highest BCUT2D eigenvalue weighted by Crippen LogP contribution is 2.19. The lowest BCUT2D eigenvalue weighted by Crippen LogP contribution is -2.41. The summed E-state index contributed by atoms with van der Waals surface area (Å²) in [7, 11) is 0. The normalized spacial score (nSPS) is 18.0. The summed E-state index contributed by atoms with van der Waals surface area (Å²) in [6.07, 6.45) is 2.45. The van der Waals surface area contributed by atoms with Gasteiger partial charge in [-0.1, -0.05) is 24.3 Å². The summed E-state index contributed by atoms with van der Waals surface area (Å²) in [5.41, 5.74) is 3.68. The molecule has 1 aromatic carbocycles. The zero-order chi connectivity index (χ0) is 19.2. The van der Waals surface area contributed by atoms with Crippen molar-refractivity contribution in [3.8, 4) is 0 Å². The Hall–Kier alpha value is -1.69. The molecule has 2 heterocycles. The van der Waals surface area contributed by atoms with Crippen LogP contribution in [-0.4, -0.2) is 36.6 Å². The molecule has 0 spiro atoms. The number of aryl methyl sites for hydroxylation is 2. The van der Waals surface area contributed by atoms with Gasteiger partial charge in [-0.2, -0.15) is 0 Å². The molecule has 2 unspecified atom stereocenters. The van der Waals surface area contributed by atoms with Crippen molar-refractivity contribution in [2.45, 2.75) is 52.3 Å². The molecule has 2 atom stereocenters. The number of hydrogen-bond acceptors (Lipinski definition) is 4. The molecule has 1 saturated heterocycles. The lowest BCUT2D eigenvalue weighted by atomic mass is 10.0. The van der Waals surface area contributed by atoms with Gasteiger partial charge in [0.1, 0.15) is 0 Å². The highest BCUT2D eigenvalue weighted by Gasteiger charge is 2.22. The van der Waals surface area contributed by atoms with Gasteiger partial charge in [-0.25, -0.2) is 0 Å². The van der Waals surface area contributed by atoms with Gasteiger partial charge in [-0.05, 0) is 61.7 Å². The Balaban J connectivity index is 1.59. The molecular formula is C22H30N2O2S. The van der Waals surface area contributed by atoms with Crippen molar-refractivity contribution in [2.75, 3.05) is 19.7 Å². The maximum atomic E-state index is 12.7. The summed E-state index contributed by atoms with van der Waals surface area (Å²) < 4.78 is 5.79. The monoisotopic (exact) mass is 386 g/mol. The summed E-state index contributed by atoms with van der Waals surface area (Å²) in [5.74, 6) is 0.0651. The second kappa shape index (κ2) is 9.49. The maximum Gasteiger partial charge on any atom is 0.234 e. The van der Waals surface area contributed by atoms with E-state index in [4.69, 9.17) is 4.74 Å². The third kappa shape index (κ3) is 5.89. The number of nitrogens with zero attached hydrogens (tertiary/aromatic N) is 1. The van der Waals surface area contributed by atoms with Gasteiger partial charge < -0.3 is 10.1 Å². The van der Waals surface area contributed by atoms with Crippen molar-refractivity contribution in [3.63, 3.8) is 0 Å². The zero-order valence-electron chi connectivity index (χ0n) is 16.5. The molecule has 1 aliphatic rings. The van der Waals surface area contributed by atoms with Crippen LogP contribution in [0.25, 0.3) is 0 Å². The average Bonchev–Trinajstić information content (AvgIpc) is 3.31. The van der Waals surface area contributed by atoms with Gasteiger partial charge in [0.15, 0.2) is 0 Å². The number of nitrogens with one attached hydrogen (secondary N) is 1. The van der Waals surface area contributed by atoms with Crippen LogP contribution in [0.1, 0.15) is 47.4 Å². The summed E-state index contributed by atoms with van der Waals surface area (Å²) in [4.78, 5) is 16.2. The number of rotatable bonds is 8. The van der Waals surface area contributed by atoms with Crippen LogP contribution in [0, 0.1) is 13.8 Å². The largest absolute Gasteiger partial charge is 0.377 e. The molecule has 1 amide bonds. The molecule has 0 bridgehead atoms. The van der Waals surface area contributed by atoms with E-state index in [-0.39, 0.29) is 18.1 Å². The van der Waals surface area contributed by atoms with E-state index in [1.807, 2.05) is 6.92 Å². The van der Waals surface area contributed by atoms with E-state index in [0.717, 1.165) is 38.1 Å². The highest BCUT2D eigenvalue weighted by molar-refractivity contribution is 7.09. The van der Waals surface area contributed by atoms with Crippen LogP contribution in [0.5, 0.6) is 0 Å². The molecule has 4 nitrogen and oxygen atoms in total. The Kier molecular flexibility index (Phi) is 7.05. The van der Waals surface area contributed by atoms with Crippen molar-refractivity contribution in [1.82, 2.24) is 10.2 Å². The quantitative estimate of drug-likeness (QED) is 0.738. The maximum absolute atomic E-state index is 12.7. The van der Waals surface area contributed by atoms with E-state index >= 15 is 0 Å². The molecule has 3 rings (SSSR count). The fourth-order valence-corrected chi connectivity index (χ4v) is 4.24. The molecule has 1 fully saturated rings. The Morgan fingerprint density at radius 2 is 2.19 bits per heavy atom. The molecule has 2 aromatic rings. The minimum Gasteiger partial charge on any atom is -0.377 e. The number of carbonyl (C=O) groups is 1.